The summed E-state index contributed by atoms with van der Waals surface area (Å²) in [6.45, 7) is 3.18. The van der Waals surface area contributed by atoms with Gasteiger partial charge in [-0.25, -0.2) is 0 Å². The quantitative estimate of drug-likeness (QED) is 0.561. The zero-order chi connectivity index (χ0) is 8.81. The van der Waals surface area contributed by atoms with Crippen LogP contribution in [0, 0.1) is 6.92 Å². The van der Waals surface area contributed by atoms with Gasteiger partial charge in [-0.05, 0) is 25.3 Å². The molecule has 0 fully saturated rings. The summed E-state index contributed by atoms with van der Waals surface area (Å²) in [4.78, 5) is 10.5. The number of rotatable bonds is 1. The third-order valence-corrected chi connectivity index (χ3v) is 1.99. The Labute approximate surface area is 73.6 Å². The fourth-order valence-corrected chi connectivity index (χ4v) is 1.40. The van der Waals surface area contributed by atoms with Crippen LogP contribution >= 0.6 is 0 Å². The molecule has 0 aliphatic heterocycles. The van der Waals surface area contributed by atoms with E-state index in [0.717, 1.165) is 25.0 Å². The number of hydrogen-bond acceptors (Lipinski definition) is 2. The molecule has 1 radical (unpaired) electrons. The van der Waals surface area contributed by atoms with E-state index in [2.05, 4.69) is 6.92 Å². The van der Waals surface area contributed by atoms with Crippen LogP contribution in [0.5, 0.6) is 0 Å². The highest BCUT2D eigenvalue weighted by Gasteiger charge is 2.04. The third kappa shape index (κ3) is 3.56. The van der Waals surface area contributed by atoms with Gasteiger partial charge in [0.1, 0.15) is 5.76 Å². The first-order valence-electron chi connectivity index (χ1n) is 4.52. The first-order valence-corrected chi connectivity index (χ1v) is 4.52. The van der Waals surface area contributed by atoms with Crippen LogP contribution in [0.4, 0.5) is 0 Å². The predicted molar refractivity (Wildman–Crippen MR) is 47.2 cm³/mol. The highest BCUT2D eigenvalue weighted by molar-refractivity contribution is 5.74. The van der Waals surface area contributed by atoms with Crippen molar-refractivity contribution in [3.8, 4) is 0 Å². The normalized spacial score (nSPS) is 18.9. The molecule has 0 aromatic carbocycles. The second-order valence-electron chi connectivity index (χ2n) is 3.10. The molecular formula is C10H15O2. The molecule has 2 heteroatoms. The molecule has 0 spiro atoms. The Morgan fingerprint density at radius 1 is 1.33 bits per heavy atom. The van der Waals surface area contributed by atoms with Crippen molar-refractivity contribution in [2.75, 3.05) is 0 Å². The van der Waals surface area contributed by atoms with Gasteiger partial charge in [0, 0.05) is 6.42 Å². The summed E-state index contributed by atoms with van der Waals surface area (Å²) in [6.07, 6.45) is 8.80. The molecule has 0 unspecified atom stereocenters. The van der Waals surface area contributed by atoms with Crippen LogP contribution in [-0.4, -0.2) is 5.97 Å². The van der Waals surface area contributed by atoms with Crippen molar-refractivity contribution in [1.29, 1.82) is 0 Å². The van der Waals surface area contributed by atoms with Crippen LogP contribution in [0.3, 0.4) is 0 Å². The average Bonchev–Trinajstić information content (AvgIpc) is 1.93. The second kappa shape index (κ2) is 4.96. The van der Waals surface area contributed by atoms with Crippen molar-refractivity contribution < 1.29 is 9.53 Å². The molecule has 0 heterocycles. The van der Waals surface area contributed by atoms with Gasteiger partial charge in [-0.3, -0.25) is 4.79 Å². The van der Waals surface area contributed by atoms with Gasteiger partial charge in [-0.15, -0.1) is 0 Å². The van der Waals surface area contributed by atoms with Gasteiger partial charge in [0.25, 0.3) is 0 Å². The summed E-state index contributed by atoms with van der Waals surface area (Å²) in [5.41, 5.74) is 0. The molecule has 1 aliphatic carbocycles. The van der Waals surface area contributed by atoms with Gasteiger partial charge in [0.2, 0.25) is 0 Å². The van der Waals surface area contributed by atoms with Crippen molar-refractivity contribution in [1.82, 2.24) is 0 Å². The van der Waals surface area contributed by atoms with E-state index >= 15 is 0 Å². The van der Waals surface area contributed by atoms with E-state index in [-0.39, 0.29) is 0 Å². The van der Waals surface area contributed by atoms with E-state index < -0.39 is 5.97 Å². The minimum atomic E-state index is -0.443. The summed E-state index contributed by atoms with van der Waals surface area (Å²) in [5, 5.41) is 0. The lowest BCUT2D eigenvalue weighted by molar-refractivity contribution is -0.134. The van der Waals surface area contributed by atoms with E-state index in [0.29, 0.717) is 0 Å². The summed E-state index contributed by atoms with van der Waals surface area (Å²) in [5.74, 6) is 0.372. The molecule has 1 rings (SSSR count). The van der Waals surface area contributed by atoms with Crippen molar-refractivity contribution in [2.45, 2.75) is 38.5 Å². The van der Waals surface area contributed by atoms with Crippen LogP contribution in [0.2, 0.25) is 0 Å². The van der Waals surface area contributed by atoms with Crippen LogP contribution in [0.25, 0.3) is 0 Å². The van der Waals surface area contributed by atoms with Crippen molar-refractivity contribution in [2.24, 2.45) is 0 Å². The van der Waals surface area contributed by atoms with Crippen molar-refractivity contribution in [3.63, 3.8) is 0 Å². The third-order valence-electron chi connectivity index (χ3n) is 1.99. The molecule has 0 saturated heterocycles. The topological polar surface area (TPSA) is 26.3 Å². The zero-order valence-electron chi connectivity index (χ0n) is 7.34. The molecule has 0 saturated carbocycles. The number of hydrogen-bond donors (Lipinski definition) is 0. The monoisotopic (exact) mass is 167 g/mol. The van der Waals surface area contributed by atoms with Crippen LogP contribution < -0.4 is 0 Å². The van der Waals surface area contributed by atoms with Crippen molar-refractivity contribution >= 4 is 5.97 Å². The van der Waals surface area contributed by atoms with Crippen LogP contribution in [-0.2, 0) is 9.53 Å². The Morgan fingerprint density at radius 2 is 2.08 bits per heavy atom. The fraction of sp³-hybridized carbons (Fsp3) is 0.600. The fourth-order valence-electron chi connectivity index (χ4n) is 1.40. The molecule has 1 aliphatic rings. The van der Waals surface area contributed by atoms with Crippen molar-refractivity contribution in [3.05, 3.63) is 18.8 Å². The van der Waals surface area contributed by atoms with E-state index in [1.807, 2.05) is 6.08 Å². The van der Waals surface area contributed by atoms with E-state index in [4.69, 9.17) is 4.74 Å². The van der Waals surface area contributed by atoms with Gasteiger partial charge in [-0.2, -0.15) is 0 Å². The van der Waals surface area contributed by atoms with E-state index in [1.165, 1.54) is 19.3 Å². The molecule has 0 aromatic rings. The minimum absolute atomic E-state index is 0.443. The Morgan fingerprint density at radius 3 is 2.83 bits per heavy atom. The number of allylic oxidation sites excluding steroid dienone is 2. The lowest BCUT2D eigenvalue weighted by atomic mass is 10.1. The Kier molecular flexibility index (Phi) is 3.85. The molecule has 0 bridgehead atoms. The molecule has 0 atom stereocenters. The minimum Gasteiger partial charge on any atom is -0.431 e. The highest BCUT2D eigenvalue weighted by atomic mass is 16.5. The number of carbonyl (C=O) groups excluding carboxylic acids is 1. The van der Waals surface area contributed by atoms with E-state index in [1.54, 1.807) is 0 Å². The molecule has 2 nitrogen and oxygen atoms in total. The summed E-state index contributed by atoms with van der Waals surface area (Å²) < 4.78 is 4.94. The first-order chi connectivity index (χ1) is 5.79. The number of carbonyl (C=O) groups is 1. The van der Waals surface area contributed by atoms with Gasteiger partial charge in [-0.1, -0.05) is 12.8 Å². The summed E-state index contributed by atoms with van der Waals surface area (Å²) in [6, 6.07) is 0. The molecule has 67 valence electrons. The highest BCUT2D eigenvalue weighted by Crippen LogP contribution is 2.17. The predicted octanol–water partition coefficient (Wildman–Crippen LogP) is 2.60. The summed E-state index contributed by atoms with van der Waals surface area (Å²) >= 11 is 0. The maximum absolute atomic E-state index is 10.5. The SMILES string of the molecule is [CH2]C(=O)OC1=CCCCCCC1. The Bertz CT molecular complexity index is 182. The Balaban J connectivity index is 2.41. The molecule has 0 aromatic heterocycles. The molecule has 0 N–H and O–H groups in total. The van der Waals surface area contributed by atoms with Gasteiger partial charge in [0.05, 0.1) is 6.92 Å². The lowest BCUT2D eigenvalue weighted by Gasteiger charge is -2.09. The maximum atomic E-state index is 10.5. The largest absolute Gasteiger partial charge is 0.431 e. The van der Waals surface area contributed by atoms with E-state index in [9.17, 15) is 4.79 Å². The first kappa shape index (κ1) is 9.30. The molecule has 12 heavy (non-hydrogen) atoms. The van der Waals surface area contributed by atoms with Gasteiger partial charge < -0.3 is 4.74 Å². The van der Waals surface area contributed by atoms with Crippen LogP contribution in [0.1, 0.15) is 38.5 Å². The standard InChI is InChI=1S/C10H15O2/c1-9(11)12-10-7-5-3-2-4-6-8-10/h7H,1-6,8H2. The number of esters is 1. The van der Waals surface area contributed by atoms with Gasteiger partial charge >= 0.3 is 5.97 Å². The second-order valence-corrected chi connectivity index (χ2v) is 3.10. The van der Waals surface area contributed by atoms with Gasteiger partial charge in [0.15, 0.2) is 0 Å². The average molecular weight is 167 g/mol. The van der Waals surface area contributed by atoms with Crippen LogP contribution in [0.15, 0.2) is 11.8 Å². The Hall–Kier alpha value is -0.790. The maximum Gasteiger partial charge on any atom is 0.311 e. The zero-order valence-corrected chi connectivity index (χ0v) is 7.34. The lowest BCUT2D eigenvalue weighted by Crippen LogP contribution is -2.00. The molecule has 0 amide bonds. The summed E-state index contributed by atoms with van der Waals surface area (Å²) in [7, 11) is 0. The number of ether oxygens (including phenoxy) is 1. The smallest absolute Gasteiger partial charge is 0.311 e. The molecular weight excluding hydrogens is 152 g/mol.